The molecular formula is C58H82ClN11O9S2. The van der Waals surface area contributed by atoms with Crippen LogP contribution in [-0.4, -0.2) is 175 Å². The van der Waals surface area contributed by atoms with E-state index in [2.05, 4.69) is 85.1 Å². The van der Waals surface area contributed by atoms with E-state index in [1.807, 2.05) is 73.6 Å². The minimum absolute atomic E-state index is 0.0689. The summed E-state index contributed by atoms with van der Waals surface area (Å²) in [6.45, 7) is 15.7. The van der Waals surface area contributed by atoms with E-state index in [1.54, 1.807) is 60.6 Å². The second-order valence-corrected chi connectivity index (χ2v) is 24.4. The molecule has 0 spiro atoms. The van der Waals surface area contributed by atoms with Crippen molar-refractivity contribution in [2.75, 3.05) is 120 Å². The lowest BCUT2D eigenvalue weighted by Gasteiger charge is -2.37. The van der Waals surface area contributed by atoms with Crippen molar-refractivity contribution in [3.05, 3.63) is 122 Å². The molecule has 0 saturated carbocycles. The first-order chi connectivity index (χ1) is 38.6. The van der Waals surface area contributed by atoms with E-state index in [4.69, 9.17) is 19.9 Å². The molecule has 3 fully saturated rings. The number of hydrogen-bond donors (Lipinski definition) is 2. The van der Waals surface area contributed by atoms with E-state index in [0.717, 1.165) is 112 Å². The molecule has 0 atom stereocenters. The van der Waals surface area contributed by atoms with Crippen molar-refractivity contribution in [1.82, 2.24) is 33.8 Å². The van der Waals surface area contributed by atoms with Gasteiger partial charge in [-0.15, -0.1) is 0 Å². The first-order valence-corrected chi connectivity index (χ1v) is 31.8. The molecule has 3 aliphatic heterocycles. The number of sulfonamides is 1. The molecule has 20 nitrogen and oxygen atoms in total. The molecule has 3 aliphatic rings. The molecule has 23 heteroatoms. The number of hydrogen-bond acceptors (Lipinski definition) is 15. The van der Waals surface area contributed by atoms with E-state index >= 15 is 0 Å². The second-order valence-electron chi connectivity index (χ2n) is 19.7. The molecule has 442 valence electrons. The number of nitrogens with one attached hydrogen (secondary N) is 1. The number of aromatic nitrogens is 4. The Balaban J connectivity index is 0.000000231. The Labute approximate surface area is 484 Å². The summed E-state index contributed by atoms with van der Waals surface area (Å²) in [7, 11) is 4.96. The highest BCUT2D eigenvalue weighted by molar-refractivity contribution is 8.13. The fourth-order valence-electron chi connectivity index (χ4n) is 9.27. The minimum atomic E-state index is -3.38. The second kappa shape index (κ2) is 32.0. The van der Waals surface area contributed by atoms with Gasteiger partial charge in [-0.2, -0.15) is 0 Å². The molecule has 0 aliphatic carbocycles. The fraction of sp³-hybridized carbons (Fsp3) is 0.448. The number of piperidine rings is 2. The van der Waals surface area contributed by atoms with Crippen molar-refractivity contribution in [1.29, 1.82) is 0 Å². The van der Waals surface area contributed by atoms with Crippen molar-refractivity contribution >= 4 is 64.6 Å². The summed E-state index contributed by atoms with van der Waals surface area (Å²) in [6.07, 6.45) is 14.7. The maximum Gasteiger partial charge on any atom is 0.329 e. The van der Waals surface area contributed by atoms with Crippen LogP contribution in [0.1, 0.15) is 59.3 Å². The van der Waals surface area contributed by atoms with Crippen LogP contribution >= 0.6 is 10.7 Å². The van der Waals surface area contributed by atoms with Crippen LogP contribution in [0.3, 0.4) is 0 Å². The predicted octanol–water partition coefficient (Wildman–Crippen LogP) is 9.54. The zero-order valence-corrected chi connectivity index (χ0v) is 50.7. The maximum absolute atomic E-state index is 13.1. The van der Waals surface area contributed by atoms with Gasteiger partial charge in [0.05, 0.1) is 38.1 Å². The third kappa shape index (κ3) is 21.5. The highest BCUT2D eigenvalue weighted by Gasteiger charge is 2.28. The number of amides is 2. The largest absolute Gasteiger partial charge is 0.497 e. The Bertz CT molecular complexity index is 3060. The molecule has 6 aromatic rings. The molecule has 4 aromatic carbocycles. The number of anilines is 4. The Kier molecular flexibility index (Phi) is 25.6. The van der Waals surface area contributed by atoms with Gasteiger partial charge in [-0.3, -0.25) is 13.9 Å². The van der Waals surface area contributed by atoms with Crippen LogP contribution in [-0.2, 0) is 23.8 Å². The minimum Gasteiger partial charge on any atom is -0.497 e. The van der Waals surface area contributed by atoms with Crippen LogP contribution in [0, 0.1) is 0 Å². The third-order valence-corrected chi connectivity index (χ3v) is 14.5. The zero-order chi connectivity index (χ0) is 59.1. The van der Waals surface area contributed by atoms with Crippen LogP contribution < -0.4 is 29.7 Å². The molecule has 2 amide bonds. The number of nitrogen functional groups attached to an aromatic ring is 1. The zero-order valence-electron chi connectivity index (χ0n) is 48.3. The van der Waals surface area contributed by atoms with Gasteiger partial charge in [0.25, 0.3) is 0 Å². The van der Waals surface area contributed by atoms with Crippen molar-refractivity contribution in [2.24, 2.45) is 0 Å². The summed E-state index contributed by atoms with van der Waals surface area (Å²) < 4.78 is 62.7. The molecular weight excluding hydrogens is 1090 g/mol. The SMILES string of the molecule is C1CCOC1.CCN(CC)CC.COc1ccc(N2CCC(N(C)C(=O)n3cnc(-c4cccc(N)c4)c3)CC2)cc1.COc1ccc(N2CCC(N(C)C(=O)n3cnc(-c4cccc(NS(C)(=O)=O)c4)c3)CC2)cc1.CS(=O)(=O)Cl. The van der Waals surface area contributed by atoms with Crippen LogP contribution in [0.25, 0.3) is 22.5 Å². The van der Waals surface area contributed by atoms with Crippen molar-refractivity contribution in [3.8, 4) is 34.0 Å². The van der Waals surface area contributed by atoms with Gasteiger partial charge in [0.15, 0.2) is 0 Å². The molecule has 0 radical (unpaired) electrons. The number of benzene rings is 4. The number of rotatable bonds is 13. The smallest absolute Gasteiger partial charge is 0.329 e. The number of nitrogens with two attached hydrogens (primary N) is 1. The van der Waals surface area contributed by atoms with E-state index in [1.165, 1.54) is 49.1 Å². The number of carbonyl (C=O) groups excluding carboxylic acids is 2. The molecule has 5 heterocycles. The van der Waals surface area contributed by atoms with Crippen LogP contribution in [0.4, 0.5) is 32.3 Å². The molecule has 2 aromatic heterocycles. The van der Waals surface area contributed by atoms with Crippen molar-refractivity contribution in [2.45, 2.75) is 71.4 Å². The monoisotopic (exact) mass is 1180 g/mol. The summed E-state index contributed by atoms with van der Waals surface area (Å²) >= 11 is 0. The average molecular weight is 1180 g/mol. The Morgan fingerprint density at radius 3 is 1.38 bits per heavy atom. The molecule has 9 rings (SSSR count). The Hall–Kier alpha value is -6.85. The topological polar surface area (TPSA) is 220 Å². The standard InChI is InChI=1S/C24H29N5O4S.C23H27N5O2.C6H15N.C4H8O.CH3ClO2S/c1-27(20-11-13-28(14-12-20)21-7-9-22(33-2)10-8-21)24(30)29-16-23(25-17-29)18-5-4-6-19(15-18)26-34(3,31)32;1-26(19-10-12-27(13-11-19)20-6-8-21(30-2)9-7-20)23(29)28-15-22(25-16-28)17-4-3-5-18(24)14-17;1-4-7(5-2)6-3;1-2-4-5-3-1;1-5(2,3)4/h4-10,15-17,20,26H,11-14H2,1-3H3;3-9,14-16,19H,10-13,24H2,1-2H3;4-6H2,1-3H3;1-4H2;1H3. The number of carbonyl (C=O) groups is 2. The molecule has 0 unspecified atom stereocenters. The summed E-state index contributed by atoms with van der Waals surface area (Å²) in [4.78, 5) is 45.5. The first-order valence-electron chi connectivity index (χ1n) is 27.2. The first kappa shape index (κ1) is 65.0. The molecule has 3 N–H and O–H groups in total. The summed E-state index contributed by atoms with van der Waals surface area (Å²) in [6, 6.07) is 30.7. The van der Waals surface area contributed by atoms with Crippen LogP contribution in [0.2, 0.25) is 0 Å². The quantitative estimate of drug-likeness (QED) is 0.0812. The fourth-order valence-corrected chi connectivity index (χ4v) is 9.83. The van der Waals surface area contributed by atoms with Gasteiger partial charge in [0, 0.05) is 123 Å². The van der Waals surface area contributed by atoms with Gasteiger partial charge in [0.1, 0.15) is 24.2 Å². The average Bonchev–Trinajstić information content (AvgIpc) is 4.52. The van der Waals surface area contributed by atoms with Gasteiger partial charge in [-0.25, -0.2) is 36.4 Å². The Morgan fingerprint density at radius 1 is 0.654 bits per heavy atom. The number of ether oxygens (including phenoxy) is 3. The number of imidazole rings is 2. The van der Waals surface area contributed by atoms with Gasteiger partial charge in [-0.1, -0.05) is 45.0 Å². The normalized spacial score (nSPS) is 14.6. The lowest BCUT2D eigenvalue weighted by Crippen LogP contribution is -2.46. The van der Waals surface area contributed by atoms with E-state index < -0.39 is 19.1 Å². The van der Waals surface area contributed by atoms with Gasteiger partial charge in [0.2, 0.25) is 19.1 Å². The van der Waals surface area contributed by atoms with Gasteiger partial charge in [-0.05, 0) is 131 Å². The molecule has 0 bridgehead atoms. The number of halogens is 1. The molecule has 81 heavy (non-hydrogen) atoms. The molecule has 3 saturated heterocycles. The van der Waals surface area contributed by atoms with E-state index in [-0.39, 0.29) is 24.1 Å². The lowest BCUT2D eigenvalue weighted by atomic mass is 10.0. The summed E-state index contributed by atoms with van der Waals surface area (Å²) in [5.74, 6) is 1.69. The predicted molar refractivity (Wildman–Crippen MR) is 326 cm³/mol. The van der Waals surface area contributed by atoms with Crippen molar-refractivity contribution < 1.29 is 40.6 Å². The lowest BCUT2D eigenvalue weighted by molar-refractivity contribution is 0.180. The van der Waals surface area contributed by atoms with Gasteiger partial charge < -0.3 is 44.4 Å². The summed E-state index contributed by atoms with van der Waals surface area (Å²) in [5.41, 5.74) is 12.3. The van der Waals surface area contributed by atoms with Crippen molar-refractivity contribution in [3.63, 3.8) is 0 Å². The van der Waals surface area contributed by atoms with E-state index in [0.29, 0.717) is 17.1 Å². The summed E-state index contributed by atoms with van der Waals surface area (Å²) in [5, 5.41) is 0. The Morgan fingerprint density at radius 2 is 1.05 bits per heavy atom. The highest BCUT2D eigenvalue weighted by Crippen LogP contribution is 2.28. The van der Waals surface area contributed by atoms with Crippen LogP contribution in [0.15, 0.2) is 122 Å². The number of nitrogens with zero attached hydrogens (tertiary/aromatic N) is 9. The van der Waals surface area contributed by atoms with Gasteiger partial charge >= 0.3 is 12.1 Å². The number of methoxy groups -OCH3 is 2. The highest BCUT2D eigenvalue weighted by atomic mass is 35.7. The van der Waals surface area contributed by atoms with Crippen LogP contribution in [0.5, 0.6) is 11.5 Å². The van der Waals surface area contributed by atoms with E-state index in [9.17, 15) is 26.4 Å². The maximum atomic E-state index is 13.1. The third-order valence-electron chi connectivity index (χ3n) is 13.9.